The highest BCUT2D eigenvalue weighted by Crippen LogP contribution is 2.29. The third kappa shape index (κ3) is 3.36. The Hall–Kier alpha value is -0.890. The van der Waals surface area contributed by atoms with E-state index >= 15 is 0 Å². The maximum absolute atomic E-state index is 13.4. The second-order valence-corrected chi connectivity index (χ2v) is 6.65. The first kappa shape index (κ1) is 16.2. The van der Waals surface area contributed by atoms with E-state index in [0.29, 0.717) is 0 Å². The van der Waals surface area contributed by atoms with Crippen molar-refractivity contribution in [1.82, 2.24) is 4.72 Å². The number of nitrogens with one attached hydrogen (secondary N) is 1. The first-order valence-electron chi connectivity index (χ1n) is 4.90. The number of carboxylic acids is 1. The van der Waals surface area contributed by atoms with E-state index in [0.717, 1.165) is 26.0 Å². The summed E-state index contributed by atoms with van der Waals surface area (Å²) in [6.45, 7) is 2.29. The molecule has 0 aromatic heterocycles. The Bertz CT molecular complexity index is 631. The number of aliphatic carboxylic acids is 1. The predicted molar refractivity (Wildman–Crippen MR) is 68.5 cm³/mol. The summed E-state index contributed by atoms with van der Waals surface area (Å²) in [5, 5.41) is 7.84. The molecule has 5 nitrogen and oxygen atoms in total. The molecule has 0 bridgehead atoms. The minimum absolute atomic E-state index is 0.332. The number of carboxylic acid groups (broad SMARTS) is 1. The Morgan fingerprint density at radius 3 is 2.37 bits per heavy atom. The van der Waals surface area contributed by atoms with Crippen LogP contribution in [0.2, 0.25) is 10.0 Å². The molecule has 106 valence electrons. The number of rotatable bonds is 4. The molecule has 0 spiro atoms. The van der Waals surface area contributed by atoms with E-state index in [1.807, 2.05) is 4.72 Å². The molecule has 0 saturated carbocycles. The van der Waals surface area contributed by atoms with Gasteiger partial charge in [0.15, 0.2) is 5.82 Å². The minimum atomic E-state index is -4.29. The third-order valence-electron chi connectivity index (χ3n) is 2.21. The lowest BCUT2D eigenvalue weighted by Crippen LogP contribution is -2.49. The van der Waals surface area contributed by atoms with Gasteiger partial charge in [-0.1, -0.05) is 23.2 Å². The van der Waals surface area contributed by atoms with E-state index in [1.165, 1.54) is 0 Å². The van der Waals surface area contributed by atoms with Gasteiger partial charge in [-0.2, -0.15) is 4.72 Å². The van der Waals surface area contributed by atoms with Gasteiger partial charge in [0.1, 0.15) is 10.4 Å². The van der Waals surface area contributed by atoms with Crippen LogP contribution < -0.4 is 4.72 Å². The predicted octanol–water partition coefficient (Wildman–Crippen LogP) is 2.27. The molecule has 0 aliphatic heterocycles. The molecular formula is C10H10Cl2FNO4S. The van der Waals surface area contributed by atoms with Gasteiger partial charge in [-0.15, -0.1) is 0 Å². The number of carbonyl (C=O) groups is 1. The number of benzene rings is 1. The van der Waals surface area contributed by atoms with Crippen LogP contribution in [0.1, 0.15) is 13.8 Å². The van der Waals surface area contributed by atoms with E-state index in [9.17, 15) is 17.6 Å². The number of sulfonamides is 1. The molecule has 0 radical (unpaired) electrons. The monoisotopic (exact) mass is 329 g/mol. The molecule has 19 heavy (non-hydrogen) atoms. The Kier molecular flexibility index (Phi) is 4.46. The Morgan fingerprint density at radius 1 is 1.37 bits per heavy atom. The molecule has 0 unspecified atom stereocenters. The van der Waals surface area contributed by atoms with Crippen molar-refractivity contribution in [2.75, 3.05) is 0 Å². The summed E-state index contributed by atoms with van der Waals surface area (Å²) in [4.78, 5) is 10.3. The van der Waals surface area contributed by atoms with Gasteiger partial charge in [0.05, 0.1) is 10.0 Å². The molecule has 1 rings (SSSR count). The first-order chi connectivity index (χ1) is 8.49. The molecular weight excluding hydrogens is 320 g/mol. The molecule has 0 aliphatic carbocycles. The number of hydrogen-bond donors (Lipinski definition) is 2. The Morgan fingerprint density at radius 2 is 1.89 bits per heavy atom. The summed E-state index contributed by atoms with van der Waals surface area (Å²) in [6, 6.07) is 2.01. The molecule has 2 N–H and O–H groups in total. The second-order valence-electron chi connectivity index (χ2n) is 4.21. The summed E-state index contributed by atoms with van der Waals surface area (Å²) in [5.74, 6) is -2.47. The minimum Gasteiger partial charge on any atom is -0.480 e. The standard InChI is InChI=1S/C10H10Cl2FNO4S/c1-10(2,9(15)16)14-19(17,18)6-4-3-5(11)8(13)7(6)12/h3-4,14H,1-2H3,(H,15,16). The lowest BCUT2D eigenvalue weighted by atomic mass is 10.1. The fourth-order valence-electron chi connectivity index (χ4n) is 1.15. The molecule has 1 aromatic carbocycles. The highest BCUT2D eigenvalue weighted by molar-refractivity contribution is 7.89. The van der Waals surface area contributed by atoms with Crippen molar-refractivity contribution >= 4 is 39.2 Å². The zero-order valence-corrected chi connectivity index (χ0v) is 12.2. The molecule has 0 saturated heterocycles. The largest absolute Gasteiger partial charge is 0.480 e. The first-order valence-corrected chi connectivity index (χ1v) is 7.14. The van der Waals surface area contributed by atoms with Crippen molar-refractivity contribution in [2.45, 2.75) is 24.3 Å². The summed E-state index contributed by atoms with van der Waals surface area (Å²) in [6.07, 6.45) is 0. The van der Waals surface area contributed by atoms with Gasteiger partial charge >= 0.3 is 5.97 Å². The summed E-state index contributed by atoms with van der Waals surface area (Å²) in [5.41, 5.74) is -1.77. The SMILES string of the molecule is CC(C)(NS(=O)(=O)c1ccc(Cl)c(F)c1Cl)C(=O)O. The smallest absolute Gasteiger partial charge is 0.324 e. The highest BCUT2D eigenvalue weighted by atomic mass is 35.5. The van der Waals surface area contributed by atoms with Gasteiger partial charge in [0, 0.05) is 0 Å². The van der Waals surface area contributed by atoms with Gasteiger partial charge < -0.3 is 5.11 Å². The van der Waals surface area contributed by atoms with Crippen LogP contribution in [0.15, 0.2) is 17.0 Å². The summed E-state index contributed by atoms with van der Waals surface area (Å²) < 4.78 is 39.3. The van der Waals surface area contributed by atoms with Crippen LogP contribution >= 0.6 is 23.2 Å². The van der Waals surface area contributed by atoms with Crippen LogP contribution in [0, 0.1) is 5.82 Å². The van der Waals surface area contributed by atoms with E-state index < -0.39 is 37.3 Å². The molecule has 0 atom stereocenters. The zero-order valence-electron chi connectivity index (χ0n) is 9.87. The van der Waals surface area contributed by atoms with E-state index in [-0.39, 0.29) is 5.02 Å². The molecule has 0 fully saturated rings. The average Bonchev–Trinajstić information content (AvgIpc) is 2.23. The fourth-order valence-corrected chi connectivity index (χ4v) is 3.27. The average molecular weight is 330 g/mol. The van der Waals surface area contributed by atoms with Crippen molar-refractivity contribution in [3.8, 4) is 0 Å². The molecule has 0 amide bonds. The third-order valence-corrected chi connectivity index (χ3v) is 4.69. The molecule has 9 heteroatoms. The van der Waals surface area contributed by atoms with E-state index in [1.54, 1.807) is 0 Å². The quantitative estimate of drug-likeness (QED) is 0.830. The lowest BCUT2D eigenvalue weighted by Gasteiger charge is -2.21. The Balaban J connectivity index is 3.30. The second kappa shape index (κ2) is 5.24. The van der Waals surface area contributed by atoms with E-state index in [4.69, 9.17) is 28.3 Å². The molecule has 0 aliphatic rings. The Labute approximate surface area is 119 Å². The topological polar surface area (TPSA) is 83.5 Å². The lowest BCUT2D eigenvalue weighted by molar-refractivity contribution is -0.142. The van der Waals surface area contributed by atoms with Crippen molar-refractivity contribution in [3.63, 3.8) is 0 Å². The van der Waals surface area contributed by atoms with Gasteiger partial charge in [-0.05, 0) is 26.0 Å². The van der Waals surface area contributed by atoms with Crippen molar-refractivity contribution < 1.29 is 22.7 Å². The van der Waals surface area contributed by atoms with Crippen LogP contribution in [-0.2, 0) is 14.8 Å². The van der Waals surface area contributed by atoms with Gasteiger partial charge in [-0.25, -0.2) is 12.8 Å². The summed E-state index contributed by atoms with van der Waals surface area (Å²) >= 11 is 11.0. The van der Waals surface area contributed by atoms with Crippen LogP contribution in [0.25, 0.3) is 0 Å². The number of hydrogen-bond acceptors (Lipinski definition) is 3. The normalized spacial score (nSPS) is 12.5. The highest BCUT2D eigenvalue weighted by Gasteiger charge is 2.34. The van der Waals surface area contributed by atoms with Gasteiger partial charge in [-0.3, -0.25) is 4.79 Å². The van der Waals surface area contributed by atoms with Crippen LogP contribution in [0.4, 0.5) is 4.39 Å². The van der Waals surface area contributed by atoms with E-state index in [2.05, 4.69) is 0 Å². The van der Waals surface area contributed by atoms with Crippen molar-refractivity contribution in [2.24, 2.45) is 0 Å². The fraction of sp³-hybridized carbons (Fsp3) is 0.300. The van der Waals surface area contributed by atoms with Gasteiger partial charge in [0.25, 0.3) is 0 Å². The van der Waals surface area contributed by atoms with Crippen molar-refractivity contribution in [3.05, 3.63) is 28.0 Å². The zero-order chi connectivity index (χ0) is 15.0. The van der Waals surface area contributed by atoms with Gasteiger partial charge in [0.2, 0.25) is 10.0 Å². The molecule has 0 heterocycles. The number of halogens is 3. The van der Waals surface area contributed by atoms with Crippen molar-refractivity contribution in [1.29, 1.82) is 0 Å². The van der Waals surface area contributed by atoms with Crippen LogP contribution in [0.3, 0.4) is 0 Å². The molecule has 1 aromatic rings. The maximum atomic E-state index is 13.4. The van der Waals surface area contributed by atoms with Crippen LogP contribution in [-0.4, -0.2) is 25.0 Å². The van der Waals surface area contributed by atoms with Crippen LogP contribution in [0.5, 0.6) is 0 Å². The maximum Gasteiger partial charge on any atom is 0.324 e. The summed E-state index contributed by atoms with van der Waals surface area (Å²) in [7, 11) is -4.29.